The molecule has 6 nitrogen and oxygen atoms in total. The average molecular weight is 569 g/mol. The molecule has 0 saturated heterocycles. The van der Waals surface area contributed by atoms with E-state index in [0.717, 1.165) is 21.3 Å². The van der Waals surface area contributed by atoms with Crippen LogP contribution in [0, 0.1) is 0 Å². The van der Waals surface area contributed by atoms with Crippen molar-refractivity contribution >= 4 is 73.3 Å². The highest BCUT2D eigenvalue weighted by atomic mass is 79.9. The number of thioether (sulfide) groups is 1. The normalized spacial score (nSPS) is 11.0. The Hall–Kier alpha value is -1.91. The molecule has 1 amide bonds. The number of carbonyl (C=O) groups excluding carboxylic acids is 1. The summed E-state index contributed by atoms with van der Waals surface area (Å²) in [6, 6.07) is 13.2. The minimum Gasteiger partial charge on any atom is -0.302 e. The monoisotopic (exact) mass is 567 g/mol. The molecule has 2 aromatic heterocycles. The molecule has 0 spiro atoms. The summed E-state index contributed by atoms with van der Waals surface area (Å²) in [6.07, 6.45) is 0. The van der Waals surface area contributed by atoms with E-state index < -0.39 is 0 Å². The summed E-state index contributed by atoms with van der Waals surface area (Å²) in [5, 5.41) is 15.4. The maximum absolute atomic E-state index is 12.5. The van der Waals surface area contributed by atoms with Crippen LogP contribution in [0.25, 0.3) is 22.6 Å². The predicted molar refractivity (Wildman–Crippen MR) is 136 cm³/mol. The van der Waals surface area contributed by atoms with Crippen molar-refractivity contribution < 1.29 is 4.79 Å². The smallest absolute Gasteiger partial charge is 0.236 e. The number of halogens is 3. The minimum absolute atomic E-state index is 0.159. The highest BCUT2D eigenvalue weighted by Gasteiger charge is 2.16. The molecule has 0 atom stereocenters. The summed E-state index contributed by atoms with van der Waals surface area (Å²) in [5.41, 5.74) is 2.63. The van der Waals surface area contributed by atoms with Crippen LogP contribution in [0.4, 0.5) is 5.13 Å². The van der Waals surface area contributed by atoms with E-state index in [0.29, 0.717) is 32.7 Å². The zero-order chi connectivity index (χ0) is 22.7. The largest absolute Gasteiger partial charge is 0.302 e. The molecule has 11 heteroatoms. The molecule has 1 N–H and O–H groups in total. The zero-order valence-electron chi connectivity index (χ0n) is 16.7. The van der Waals surface area contributed by atoms with Gasteiger partial charge < -0.3 is 9.88 Å². The SMILES string of the molecule is CCn1c(SCC(=O)Nc2nc(-c3ccc(Br)cc3)cs2)nnc1-c1ccc(Cl)c(Cl)c1. The van der Waals surface area contributed by atoms with Gasteiger partial charge in [-0.2, -0.15) is 0 Å². The van der Waals surface area contributed by atoms with Crippen molar-refractivity contribution in [2.24, 2.45) is 0 Å². The fourth-order valence-electron chi connectivity index (χ4n) is 2.90. The Morgan fingerprint density at radius 3 is 2.59 bits per heavy atom. The molecule has 4 aromatic rings. The zero-order valence-corrected chi connectivity index (χ0v) is 21.4. The minimum atomic E-state index is -0.159. The van der Waals surface area contributed by atoms with E-state index in [4.69, 9.17) is 23.2 Å². The fraction of sp³-hybridized carbons (Fsp3) is 0.143. The van der Waals surface area contributed by atoms with Crippen LogP contribution < -0.4 is 5.32 Å². The number of anilines is 1. The molecule has 2 aromatic carbocycles. The fourth-order valence-corrected chi connectivity index (χ4v) is 5.00. The maximum Gasteiger partial charge on any atom is 0.236 e. The van der Waals surface area contributed by atoms with Gasteiger partial charge in [-0.3, -0.25) is 4.79 Å². The van der Waals surface area contributed by atoms with Crippen molar-refractivity contribution in [3.63, 3.8) is 0 Å². The molecule has 0 radical (unpaired) electrons. The van der Waals surface area contributed by atoms with E-state index in [9.17, 15) is 4.79 Å². The second kappa shape index (κ2) is 10.4. The van der Waals surface area contributed by atoms with E-state index in [1.165, 1.54) is 23.1 Å². The number of aromatic nitrogens is 4. The van der Waals surface area contributed by atoms with Crippen molar-refractivity contribution in [1.82, 2.24) is 19.7 Å². The van der Waals surface area contributed by atoms with Gasteiger partial charge in [-0.1, -0.05) is 63.0 Å². The number of nitrogens with one attached hydrogen (secondary N) is 1. The summed E-state index contributed by atoms with van der Waals surface area (Å²) in [5.74, 6) is 0.702. The Balaban J connectivity index is 1.41. The first kappa shape index (κ1) is 23.3. The highest BCUT2D eigenvalue weighted by molar-refractivity contribution is 9.10. The second-order valence-corrected chi connectivity index (χ2v) is 10.1. The second-order valence-electron chi connectivity index (χ2n) is 6.56. The molecule has 0 unspecified atom stereocenters. The number of benzene rings is 2. The van der Waals surface area contributed by atoms with Crippen LogP contribution in [0.2, 0.25) is 10.0 Å². The molecule has 0 bridgehead atoms. The van der Waals surface area contributed by atoms with Gasteiger partial charge in [0.25, 0.3) is 0 Å². The number of nitrogens with zero attached hydrogens (tertiary/aromatic N) is 4. The topological polar surface area (TPSA) is 72.7 Å². The Kier molecular flexibility index (Phi) is 7.52. The molecule has 32 heavy (non-hydrogen) atoms. The Morgan fingerprint density at radius 2 is 1.88 bits per heavy atom. The van der Waals surface area contributed by atoms with Gasteiger partial charge in [-0.05, 0) is 37.3 Å². The average Bonchev–Trinajstić information content (AvgIpc) is 3.41. The van der Waals surface area contributed by atoms with Crippen molar-refractivity contribution in [3.05, 3.63) is 62.4 Å². The van der Waals surface area contributed by atoms with Gasteiger partial charge in [0.05, 0.1) is 21.5 Å². The van der Waals surface area contributed by atoms with Crippen molar-refractivity contribution in [2.75, 3.05) is 11.1 Å². The Morgan fingerprint density at radius 1 is 1.12 bits per heavy atom. The van der Waals surface area contributed by atoms with Crippen LogP contribution in [0.5, 0.6) is 0 Å². The Labute approximate surface area is 211 Å². The number of hydrogen-bond acceptors (Lipinski definition) is 6. The lowest BCUT2D eigenvalue weighted by Gasteiger charge is -2.08. The van der Waals surface area contributed by atoms with Crippen LogP contribution >= 0.6 is 62.2 Å². The summed E-state index contributed by atoms with van der Waals surface area (Å²) in [4.78, 5) is 17.0. The molecular formula is C21H16BrCl2N5OS2. The third kappa shape index (κ3) is 5.35. The number of hydrogen-bond donors (Lipinski definition) is 1. The lowest BCUT2D eigenvalue weighted by atomic mass is 10.2. The van der Waals surface area contributed by atoms with Gasteiger partial charge in [-0.25, -0.2) is 4.98 Å². The van der Waals surface area contributed by atoms with Crippen molar-refractivity contribution in [1.29, 1.82) is 0 Å². The number of carbonyl (C=O) groups is 1. The number of thiazole rings is 1. The van der Waals surface area contributed by atoms with Gasteiger partial charge >= 0.3 is 0 Å². The molecule has 0 fully saturated rings. The third-order valence-corrected chi connectivity index (χ3v) is 7.43. The Bertz CT molecular complexity index is 1260. The molecule has 0 aliphatic heterocycles. The lowest BCUT2D eigenvalue weighted by molar-refractivity contribution is -0.113. The molecule has 0 aliphatic carbocycles. The molecule has 4 rings (SSSR count). The molecule has 2 heterocycles. The molecule has 164 valence electrons. The summed E-state index contributed by atoms with van der Waals surface area (Å²) in [6.45, 7) is 2.64. The first-order valence-electron chi connectivity index (χ1n) is 9.47. The number of amides is 1. The van der Waals surface area contributed by atoms with E-state index >= 15 is 0 Å². The number of rotatable bonds is 7. The van der Waals surface area contributed by atoms with Crippen LogP contribution in [0.3, 0.4) is 0 Å². The van der Waals surface area contributed by atoms with Crippen LogP contribution in [0.1, 0.15) is 6.92 Å². The van der Waals surface area contributed by atoms with Gasteiger partial charge in [0.2, 0.25) is 5.91 Å². The highest BCUT2D eigenvalue weighted by Crippen LogP contribution is 2.30. The standard InChI is InChI=1S/C21H16BrCl2N5OS2/c1-2-29-19(13-5-8-15(23)16(24)9-13)27-28-21(29)32-11-18(30)26-20-25-17(10-31-20)12-3-6-14(22)7-4-12/h3-10H,2,11H2,1H3,(H,25,26,30). The third-order valence-electron chi connectivity index (χ3n) is 4.43. The van der Waals surface area contributed by atoms with Crippen molar-refractivity contribution in [2.45, 2.75) is 18.6 Å². The summed E-state index contributed by atoms with van der Waals surface area (Å²) < 4.78 is 2.94. The van der Waals surface area contributed by atoms with E-state index in [-0.39, 0.29) is 11.7 Å². The van der Waals surface area contributed by atoms with E-state index in [1.54, 1.807) is 12.1 Å². The van der Waals surface area contributed by atoms with Gasteiger partial charge in [0, 0.05) is 27.5 Å². The summed E-state index contributed by atoms with van der Waals surface area (Å²) in [7, 11) is 0. The lowest BCUT2D eigenvalue weighted by Crippen LogP contribution is -2.14. The van der Waals surface area contributed by atoms with Crippen molar-refractivity contribution in [3.8, 4) is 22.6 Å². The van der Waals surface area contributed by atoms with Crippen LogP contribution in [0.15, 0.2) is 57.5 Å². The quantitative estimate of drug-likeness (QED) is 0.246. The molecular weight excluding hydrogens is 553 g/mol. The molecule has 0 aliphatic rings. The van der Waals surface area contributed by atoms with Crippen LogP contribution in [-0.4, -0.2) is 31.4 Å². The summed E-state index contributed by atoms with van der Waals surface area (Å²) >= 11 is 18.3. The van der Waals surface area contributed by atoms with Crippen LogP contribution in [-0.2, 0) is 11.3 Å². The van der Waals surface area contributed by atoms with Gasteiger partial charge in [-0.15, -0.1) is 21.5 Å². The first-order valence-corrected chi connectivity index (χ1v) is 12.9. The predicted octanol–water partition coefficient (Wildman–Crippen LogP) is 6.89. The van der Waals surface area contributed by atoms with E-state index in [1.807, 2.05) is 47.2 Å². The maximum atomic E-state index is 12.5. The van der Waals surface area contributed by atoms with Gasteiger partial charge in [0.1, 0.15) is 0 Å². The first-order chi connectivity index (χ1) is 15.4. The van der Waals surface area contributed by atoms with E-state index in [2.05, 4.69) is 36.4 Å². The van der Waals surface area contributed by atoms with Gasteiger partial charge in [0.15, 0.2) is 16.1 Å². The molecule has 0 saturated carbocycles.